The van der Waals surface area contributed by atoms with Crippen molar-refractivity contribution < 1.29 is 14.3 Å². The van der Waals surface area contributed by atoms with Gasteiger partial charge in [0.1, 0.15) is 18.0 Å². The summed E-state index contributed by atoms with van der Waals surface area (Å²) in [5.74, 6) is -0.311. The topological polar surface area (TPSA) is 73.2 Å². The van der Waals surface area contributed by atoms with Crippen molar-refractivity contribution in [3.63, 3.8) is 0 Å². The van der Waals surface area contributed by atoms with Gasteiger partial charge in [0.15, 0.2) is 0 Å². The third-order valence-electron chi connectivity index (χ3n) is 2.80. The number of benzene rings is 1. The molecule has 0 aliphatic carbocycles. The number of alkyl carbamates (subject to hydrolysis) is 1. The van der Waals surface area contributed by atoms with Crippen molar-refractivity contribution in [3.8, 4) is 0 Å². The van der Waals surface area contributed by atoms with Gasteiger partial charge in [-0.1, -0.05) is 30.3 Å². The van der Waals surface area contributed by atoms with Crippen LogP contribution in [0.4, 0.5) is 4.79 Å². The number of aromatic nitrogens is 2. The number of hydrogen-bond acceptors (Lipinski definition) is 4. The van der Waals surface area contributed by atoms with Gasteiger partial charge in [-0.3, -0.25) is 9.36 Å². The molecule has 1 aromatic carbocycles. The summed E-state index contributed by atoms with van der Waals surface area (Å²) in [5, 5.41) is 2.62. The molecule has 1 N–H and O–H groups in total. The summed E-state index contributed by atoms with van der Waals surface area (Å²) in [6.07, 6.45) is 3.80. The first kappa shape index (κ1) is 15.8. The maximum atomic E-state index is 12.6. The molecule has 0 bridgehead atoms. The van der Waals surface area contributed by atoms with Crippen LogP contribution in [0, 0.1) is 0 Å². The molecule has 1 atom stereocenters. The van der Waals surface area contributed by atoms with Gasteiger partial charge >= 0.3 is 6.09 Å². The van der Waals surface area contributed by atoms with Crippen LogP contribution >= 0.6 is 0 Å². The van der Waals surface area contributed by atoms with Crippen LogP contribution in [-0.2, 0) is 4.74 Å². The number of ether oxygens (including phenoxy) is 1. The van der Waals surface area contributed by atoms with Crippen molar-refractivity contribution in [2.24, 2.45) is 0 Å². The maximum Gasteiger partial charge on any atom is 0.408 e. The molecule has 0 aliphatic heterocycles. The van der Waals surface area contributed by atoms with Crippen molar-refractivity contribution >= 4 is 12.0 Å². The summed E-state index contributed by atoms with van der Waals surface area (Å²) in [7, 11) is 0. The molecule has 0 saturated heterocycles. The second kappa shape index (κ2) is 6.43. The molecule has 1 unspecified atom stereocenters. The smallest absolute Gasteiger partial charge is 0.408 e. The highest BCUT2D eigenvalue weighted by Gasteiger charge is 2.26. The number of hydrogen-bond donors (Lipinski definition) is 1. The van der Waals surface area contributed by atoms with E-state index in [0.717, 1.165) is 0 Å². The Morgan fingerprint density at radius 2 is 1.91 bits per heavy atom. The van der Waals surface area contributed by atoms with Crippen molar-refractivity contribution in [2.45, 2.75) is 32.4 Å². The van der Waals surface area contributed by atoms with Crippen LogP contribution < -0.4 is 5.32 Å². The standard InChI is InChI=1S/C16H19N3O3/c1-16(2,3)22-15(21)18-13(12-7-5-4-6-8-12)14(20)19-10-9-17-11-19/h4-11,13H,1-3H3,(H,18,21). The van der Waals surface area contributed by atoms with E-state index in [2.05, 4.69) is 10.3 Å². The van der Waals surface area contributed by atoms with E-state index in [1.165, 1.54) is 23.3 Å². The van der Waals surface area contributed by atoms with Crippen LogP contribution in [0.3, 0.4) is 0 Å². The lowest BCUT2D eigenvalue weighted by Crippen LogP contribution is -2.39. The largest absolute Gasteiger partial charge is 0.444 e. The second-order valence-corrected chi connectivity index (χ2v) is 5.80. The lowest BCUT2D eigenvalue weighted by Gasteiger charge is -2.23. The summed E-state index contributed by atoms with van der Waals surface area (Å²) in [5.41, 5.74) is 0.0377. The van der Waals surface area contributed by atoms with Gasteiger partial charge in [-0.2, -0.15) is 0 Å². The minimum absolute atomic E-state index is 0.311. The van der Waals surface area contributed by atoms with Gasteiger partial charge in [0.05, 0.1) is 0 Å². The van der Waals surface area contributed by atoms with Crippen molar-refractivity contribution in [1.29, 1.82) is 0 Å². The third-order valence-corrected chi connectivity index (χ3v) is 2.80. The first-order valence-electron chi connectivity index (χ1n) is 6.93. The minimum atomic E-state index is -0.842. The molecule has 22 heavy (non-hydrogen) atoms. The monoisotopic (exact) mass is 301 g/mol. The minimum Gasteiger partial charge on any atom is -0.444 e. The van der Waals surface area contributed by atoms with E-state index in [1.807, 2.05) is 6.07 Å². The number of amides is 1. The quantitative estimate of drug-likeness (QED) is 0.946. The lowest BCUT2D eigenvalue weighted by molar-refractivity contribution is 0.0481. The van der Waals surface area contributed by atoms with Gasteiger partial charge in [-0.05, 0) is 26.3 Å². The Kier molecular flexibility index (Phi) is 4.60. The van der Waals surface area contributed by atoms with E-state index >= 15 is 0 Å². The van der Waals surface area contributed by atoms with Crippen molar-refractivity contribution in [2.75, 3.05) is 0 Å². The third kappa shape index (κ3) is 4.18. The summed E-state index contributed by atoms with van der Waals surface area (Å²) in [6, 6.07) is 8.16. The molecule has 1 heterocycles. The van der Waals surface area contributed by atoms with Crippen LogP contribution in [0.15, 0.2) is 49.1 Å². The molecule has 2 aromatic rings. The number of nitrogens with one attached hydrogen (secondary N) is 1. The SMILES string of the molecule is CC(C)(C)OC(=O)NC(C(=O)n1ccnc1)c1ccccc1. The van der Waals surface area contributed by atoms with Gasteiger partial charge in [-0.25, -0.2) is 9.78 Å². The molecule has 6 nitrogen and oxygen atoms in total. The normalized spacial score (nSPS) is 12.5. The summed E-state index contributed by atoms with van der Waals surface area (Å²) in [6.45, 7) is 5.30. The fourth-order valence-electron chi connectivity index (χ4n) is 1.90. The fourth-order valence-corrected chi connectivity index (χ4v) is 1.90. The average Bonchev–Trinajstić information content (AvgIpc) is 2.97. The highest BCUT2D eigenvalue weighted by atomic mass is 16.6. The summed E-state index contributed by atoms with van der Waals surface area (Å²) >= 11 is 0. The van der Waals surface area contributed by atoms with E-state index in [1.54, 1.807) is 45.0 Å². The Balaban J connectivity index is 2.23. The molecule has 0 radical (unpaired) electrons. The first-order chi connectivity index (χ1) is 10.4. The number of carbonyl (C=O) groups is 2. The highest BCUT2D eigenvalue weighted by Crippen LogP contribution is 2.16. The molecular formula is C16H19N3O3. The summed E-state index contributed by atoms with van der Waals surface area (Å²) in [4.78, 5) is 28.4. The van der Waals surface area contributed by atoms with Crippen LogP contribution in [0.5, 0.6) is 0 Å². The van der Waals surface area contributed by atoms with Gasteiger partial charge < -0.3 is 10.1 Å². The fraction of sp³-hybridized carbons (Fsp3) is 0.312. The zero-order valence-electron chi connectivity index (χ0n) is 12.8. The average molecular weight is 301 g/mol. The summed E-state index contributed by atoms with van der Waals surface area (Å²) < 4.78 is 6.56. The van der Waals surface area contributed by atoms with E-state index < -0.39 is 17.7 Å². The maximum absolute atomic E-state index is 12.6. The predicted octanol–water partition coefficient (Wildman–Crippen LogP) is 2.79. The molecule has 6 heteroatoms. The molecule has 0 fully saturated rings. The Labute approximate surface area is 129 Å². The number of nitrogens with zero attached hydrogens (tertiary/aromatic N) is 2. The van der Waals surface area contributed by atoms with Crippen molar-refractivity contribution in [1.82, 2.24) is 14.9 Å². The molecule has 116 valence electrons. The Morgan fingerprint density at radius 3 is 2.45 bits per heavy atom. The number of carbonyl (C=O) groups excluding carboxylic acids is 2. The predicted molar refractivity (Wildman–Crippen MR) is 81.4 cm³/mol. The molecule has 0 spiro atoms. The number of imidazole rings is 1. The molecule has 2 rings (SSSR count). The number of rotatable bonds is 3. The molecular weight excluding hydrogens is 282 g/mol. The Bertz CT molecular complexity index is 630. The van der Waals surface area contributed by atoms with Gasteiger partial charge in [0.25, 0.3) is 5.91 Å². The Hall–Kier alpha value is -2.63. The van der Waals surface area contributed by atoms with Crippen molar-refractivity contribution in [3.05, 3.63) is 54.6 Å². The van der Waals surface area contributed by atoms with Crippen LogP contribution in [0.25, 0.3) is 0 Å². The zero-order valence-corrected chi connectivity index (χ0v) is 12.8. The van der Waals surface area contributed by atoms with E-state index in [9.17, 15) is 9.59 Å². The van der Waals surface area contributed by atoms with Gasteiger partial charge in [0, 0.05) is 12.4 Å². The lowest BCUT2D eigenvalue weighted by atomic mass is 10.1. The van der Waals surface area contributed by atoms with Crippen LogP contribution in [-0.4, -0.2) is 27.2 Å². The van der Waals surface area contributed by atoms with Gasteiger partial charge in [0.2, 0.25) is 0 Å². The molecule has 1 amide bonds. The molecule has 0 saturated carbocycles. The van der Waals surface area contributed by atoms with Crippen LogP contribution in [0.1, 0.15) is 37.2 Å². The van der Waals surface area contributed by atoms with Crippen LogP contribution in [0.2, 0.25) is 0 Å². The Morgan fingerprint density at radius 1 is 1.23 bits per heavy atom. The van der Waals surface area contributed by atoms with E-state index in [4.69, 9.17) is 4.74 Å². The first-order valence-corrected chi connectivity index (χ1v) is 6.93. The van der Waals surface area contributed by atoms with Gasteiger partial charge in [-0.15, -0.1) is 0 Å². The zero-order chi connectivity index (χ0) is 16.2. The molecule has 0 aliphatic rings. The second-order valence-electron chi connectivity index (χ2n) is 5.80. The van der Waals surface area contributed by atoms with E-state index in [0.29, 0.717) is 5.56 Å². The molecule has 1 aromatic heterocycles. The highest BCUT2D eigenvalue weighted by molar-refractivity contribution is 5.88. The van der Waals surface area contributed by atoms with E-state index in [-0.39, 0.29) is 5.91 Å².